The number of carbonyl (C=O) groups is 1. The van der Waals surface area contributed by atoms with Crippen LogP contribution in [0.3, 0.4) is 0 Å². The molecule has 22 heavy (non-hydrogen) atoms. The van der Waals surface area contributed by atoms with Crippen LogP contribution in [0.4, 0.5) is 10.8 Å². The maximum absolute atomic E-state index is 12.2. The first-order valence-electron chi connectivity index (χ1n) is 7.22. The van der Waals surface area contributed by atoms with Crippen LogP contribution in [0.5, 0.6) is 0 Å². The zero-order valence-electron chi connectivity index (χ0n) is 12.4. The maximum atomic E-state index is 12.2. The van der Waals surface area contributed by atoms with E-state index in [0.717, 1.165) is 22.2 Å². The van der Waals surface area contributed by atoms with Crippen LogP contribution in [-0.4, -0.2) is 46.5 Å². The molecule has 0 bridgehead atoms. The lowest BCUT2D eigenvalue weighted by Gasteiger charge is -2.26. The molecule has 0 unspecified atom stereocenters. The molecule has 0 saturated carbocycles. The second-order valence-electron chi connectivity index (χ2n) is 5.14. The van der Waals surface area contributed by atoms with Crippen LogP contribution in [0.1, 0.15) is 11.4 Å². The van der Waals surface area contributed by atoms with E-state index in [2.05, 4.69) is 14.7 Å². The van der Waals surface area contributed by atoms with Crippen molar-refractivity contribution in [1.82, 2.24) is 14.3 Å². The summed E-state index contributed by atoms with van der Waals surface area (Å²) < 4.78 is 9.39. The standard InChI is InChI=1S/C15H18N4O2S/c1-11-16-15(22-18-11)17-13-4-2-12(3-5-13)10-14(20)19-6-8-21-9-7-19/h2-5H,6-10H2,1H3,(H,16,17,18). The van der Waals surface area contributed by atoms with E-state index in [1.165, 1.54) is 11.5 Å². The molecule has 3 rings (SSSR count). The highest BCUT2D eigenvalue weighted by molar-refractivity contribution is 7.09. The zero-order valence-corrected chi connectivity index (χ0v) is 13.2. The van der Waals surface area contributed by atoms with Crippen LogP contribution in [0.25, 0.3) is 0 Å². The summed E-state index contributed by atoms with van der Waals surface area (Å²) in [7, 11) is 0. The van der Waals surface area contributed by atoms with Gasteiger partial charge in [0.25, 0.3) is 0 Å². The number of carbonyl (C=O) groups excluding carboxylic acids is 1. The Labute approximate surface area is 133 Å². The molecule has 1 aromatic carbocycles. The molecule has 1 aromatic heterocycles. The molecule has 0 atom stereocenters. The van der Waals surface area contributed by atoms with Crippen molar-refractivity contribution in [2.24, 2.45) is 0 Å². The quantitative estimate of drug-likeness (QED) is 0.934. The minimum atomic E-state index is 0.156. The predicted octanol–water partition coefficient (Wildman–Crippen LogP) is 1.99. The Balaban J connectivity index is 1.57. The number of rotatable bonds is 4. The molecule has 1 amide bonds. The Kier molecular flexibility index (Phi) is 4.65. The van der Waals surface area contributed by atoms with Gasteiger partial charge in [-0.2, -0.15) is 4.37 Å². The Morgan fingerprint density at radius 3 is 2.68 bits per heavy atom. The van der Waals surface area contributed by atoms with Crippen molar-refractivity contribution in [3.63, 3.8) is 0 Å². The molecule has 116 valence electrons. The normalized spacial score (nSPS) is 14.9. The summed E-state index contributed by atoms with van der Waals surface area (Å²) in [5.74, 6) is 0.920. The molecule has 0 radical (unpaired) electrons. The average molecular weight is 318 g/mol. The van der Waals surface area contributed by atoms with Gasteiger partial charge in [0.2, 0.25) is 11.0 Å². The van der Waals surface area contributed by atoms with Crippen molar-refractivity contribution in [3.05, 3.63) is 35.7 Å². The van der Waals surface area contributed by atoms with Crippen molar-refractivity contribution < 1.29 is 9.53 Å². The summed E-state index contributed by atoms with van der Waals surface area (Å²) in [6.07, 6.45) is 0.429. The van der Waals surface area contributed by atoms with Gasteiger partial charge in [0.15, 0.2) is 0 Å². The van der Waals surface area contributed by atoms with Gasteiger partial charge < -0.3 is 15.0 Å². The Hall–Kier alpha value is -1.99. The van der Waals surface area contributed by atoms with Gasteiger partial charge in [-0.25, -0.2) is 4.98 Å². The summed E-state index contributed by atoms with van der Waals surface area (Å²) in [6.45, 7) is 4.51. The fourth-order valence-electron chi connectivity index (χ4n) is 2.28. The Morgan fingerprint density at radius 2 is 2.05 bits per heavy atom. The second kappa shape index (κ2) is 6.85. The SMILES string of the molecule is Cc1nsc(Nc2ccc(CC(=O)N3CCOCC3)cc2)n1. The zero-order chi connectivity index (χ0) is 15.4. The molecular weight excluding hydrogens is 300 g/mol. The third-order valence-electron chi connectivity index (χ3n) is 3.45. The van der Waals surface area contributed by atoms with Gasteiger partial charge in [-0.1, -0.05) is 12.1 Å². The van der Waals surface area contributed by atoms with Crippen molar-refractivity contribution in [2.75, 3.05) is 31.6 Å². The molecular formula is C15H18N4O2S. The summed E-state index contributed by atoms with van der Waals surface area (Å²) in [4.78, 5) is 18.3. The fraction of sp³-hybridized carbons (Fsp3) is 0.400. The van der Waals surface area contributed by atoms with Crippen molar-refractivity contribution in [2.45, 2.75) is 13.3 Å². The molecule has 1 N–H and O–H groups in total. The molecule has 7 heteroatoms. The van der Waals surface area contributed by atoms with E-state index < -0.39 is 0 Å². The van der Waals surface area contributed by atoms with Gasteiger partial charge in [-0.3, -0.25) is 4.79 Å². The molecule has 1 aliphatic heterocycles. The summed E-state index contributed by atoms with van der Waals surface area (Å²) in [6, 6.07) is 7.85. The summed E-state index contributed by atoms with van der Waals surface area (Å²) >= 11 is 1.33. The van der Waals surface area contributed by atoms with Gasteiger partial charge in [0.1, 0.15) is 5.82 Å². The maximum Gasteiger partial charge on any atom is 0.227 e. The number of hydrogen-bond donors (Lipinski definition) is 1. The molecule has 1 aliphatic rings. The number of nitrogens with one attached hydrogen (secondary N) is 1. The van der Waals surface area contributed by atoms with E-state index in [4.69, 9.17) is 4.74 Å². The molecule has 2 heterocycles. The van der Waals surface area contributed by atoms with Crippen LogP contribution in [-0.2, 0) is 16.0 Å². The average Bonchev–Trinajstić information content (AvgIpc) is 2.95. The van der Waals surface area contributed by atoms with E-state index in [0.29, 0.717) is 32.7 Å². The minimum absolute atomic E-state index is 0.156. The smallest absolute Gasteiger partial charge is 0.227 e. The van der Waals surface area contributed by atoms with Crippen LogP contribution < -0.4 is 5.32 Å². The number of ether oxygens (including phenoxy) is 1. The lowest BCUT2D eigenvalue weighted by atomic mass is 10.1. The third-order valence-corrected chi connectivity index (χ3v) is 4.17. The third kappa shape index (κ3) is 3.80. The van der Waals surface area contributed by atoms with E-state index >= 15 is 0 Å². The topological polar surface area (TPSA) is 67.4 Å². The number of benzene rings is 1. The van der Waals surface area contributed by atoms with E-state index in [-0.39, 0.29) is 5.91 Å². The number of nitrogens with zero attached hydrogens (tertiary/aromatic N) is 3. The molecule has 6 nitrogen and oxygen atoms in total. The lowest BCUT2D eigenvalue weighted by Crippen LogP contribution is -2.41. The predicted molar refractivity (Wildman–Crippen MR) is 85.5 cm³/mol. The van der Waals surface area contributed by atoms with Crippen LogP contribution in [0, 0.1) is 6.92 Å². The van der Waals surface area contributed by atoms with E-state index in [1.807, 2.05) is 36.1 Å². The first kappa shape index (κ1) is 14.9. The molecule has 0 aliphatic carbocycles. The Bertz CT molecular complexity index is 635. The van der Waals surface area contributed by atoms with E-state index in [1.54, 1.807) is 0 Å². The highest BCUT2D eigenvalue weighted by Crippen LogP contribution is 2.19. The first-order valence-corrected chi connectivity index (χ1v) is 8.00. The van der Waals surface area contributed by atoms with Crippen molar-refractivity contribution in [3.8, 4) is 0 Å². The number of aryl methyl sites for hydroxylation is 1. The van der Waals surface area contributed by atoms with Crippen LogP contribution in [0.2, 0.25) is 0 Å². The largest absolute Gasteiger partial charge is 0.378 e. The lowest BCUT2D eigenvalue weighted by molar-refractivity contribution is -0.134. The second-order valence-corrected chi connectivity index (χ2v) is 5.89. The highest BCUT2D eigenvalue weighted by Gasteiger charge is 2.16. The minimum Gasteiger partial charge on any atom is -0.378 e. The monoisotopic (exact) mass is 318 g/mol. The molecule has 0 spiro atoms. The fourth-order valence-corrected chi connectivity index (χ4v) is 2.87. The molecule has 1 fully saturated rings. The van der Waals surface area contributed by atoms with Gasteiger partial charge in [-0.15, -0.1) is 0 Å². The number of amides is 1. The first-order chi connectivity index (χ1) is 10.7. The number of anilines is 2. The molecule has 1 saturated heterocycles. The van der Waals surface area contributed by atoms with Crippen molar-refractivity contribution >= 4 is 28.3 Å². The molecule has 2 aromatic rings. The van der Waals surface area contributed by atoms with Crippen LogP contribution in [0.15, 0.2) is 24.3 Å². The Morgan fingerprint density at radius 1 is 1.32 bits per heavy atom. The van der Waals surface area contributed by atoms with Gasteiger partial charge in [0, 0.05) is 30.3 Å². The van der Waals surface area contributed by atoms with Gasteiger partial charge in [-0.05, 0) is 24.6 Å². The number of hydrogen-bond acceptors (Lipinski definition) is 6. The summed E-state index contributed by atoms with van der Waals surface area (Å²) in [5, 5.41) is 3.97. The van der Waals surface area contributed by atoms with E-state index in [9.17, 15) is 4.79 Å². The number of aromatic nitrogens is 2. The van der Waals surface area contributed by atoms with Crippen LogP contribution >= 0.6 is 11.5 Å². The van der Waals surface area contributed by atoms with Crippen molar-refractivity contribution in [1.29, 1.82) is 0 Å². The summed E-state index contributed by atoms with van der Waals surface area (Å²) in [5.41, 5.74) is 1.95. The number of morpholine rings is 1. The van der Waals surface area contributed by atoms with Gasteiger partial charge >= 0.3 is 0 Å². The highest BCUT2D eigenvalue weighted by atomic mass is 32.1. The van der Waals surface area contributed by atoms with Gasteiger partial charge in [0.05, 0.1) is 19.6 Å².